The molecule has 4 rings (SSSR count). The minimum atomic E-state index is -1.05. The van der Waals surface area contributed by atoms with Crippen molar-refractivity contribution < 1.29 is 23.9 Å². The molecule has 2 aromatic rings. The molecule has 2 aliphatic heterocycles. The molecule has 0 bridgehead atoms. The van der Waals surface area contributed by atoms with Crippen molar-refractivity contribution in [2.24, 2.45) is 0 Å². The molecule has 1 unspecified atom stereocenters. The number of benzene rings is 2. The third-order valence-corrected chi connectivity index (χ3v) is 7.05. The molecule has 2 heterocycles. The smallest absolute Gasteiger partial charge is 0.404 e. The number of hydrogen-bond donors (Lipinski definition) is 2. The van der Waals surface area contributed by atoms with Gasteiger partial charge in [0.15, 0.2) is 0 Å². The van der Waals surface area contributed by atoms with Gasteiger partial charge >= 0.3 is 6.09 Å². The van der Waals surface area contributed by atoms with Crippen molar-refractivity contribution in [3.8, 4) is 0 Å². The van der Waals surface area contributed by atoms with Crippen LogP contribution in [0.5, 0.6) is 0 Å². The van der Waals surface area contributed by atoms with E-state index in [-0.39, 0.29) is 29.0 Å². The second-order valence-corrected chi connectivity index (χ2v) is 9.06. The van der Waals surface area contributed by atoms with E-state index >= 15 is 0 Å². The van der Waals surface area contributed by atoms with Crippen LogP contribution in [-0.4, -0.2) is 52.8 Å². The molecule has 2 N–H and O–H groups in total. The summed E-state index contributed by atoms with van der Waals surface area (Å²) in [5.74, 6) is -0.122. The van der Waals surface area contributed by atoms with Gasteiger partial charge < -0.3 is 15.3 Å². The molecular formula is C23H24FN3O4S. The number of rotatable bonds is 4. The lowest BCUT2D eigenvalue weighted by Crippen LogP contribution is -2.46. The number of nitrogens with zero attached hydrogens (tertiary/aromatic N) is 2. The van der Waals surface area contributed by atoms with E-state index in [9.17, 15) is 18.8 Å². The van der Waals surface area contributed by atoms with E-state index in [0.29, 0.717) is 37.2 Å². The SMILES string of the molecule is Cc1cc(C(=O)N2CCC(NC(=O)O)CC2)ccc1N1C(=O)CSC1c1ccc(F)cc1. The number of halogens is 1. The second-order valence-electron chi connectivity index (χ2n) is 8.00. The zero-order chi connectivity index (χ0) is 22.8. The topological polar surface area (TPSA) is 89.9 Å². The number of nitrogens with one attached hydrogen (secondary N) is 1. The van der Waals surface area contributed by atoms with Gasteiger partial charge in [0.05, 0.1) is 5.75 Å². The summed E-state index contributed by atoms with van der Waals surface area (Å²) in [7, 11) is 0. The largest absolute Gasteiger partial charge is 0.465 e. The standard InChI is InChI=1S/C23H24FN3O4S/c1-14-12-16(21(29)26-10-8-18(9-11-26)25-23(30)31)4-7-19(14)27-20(28)13-32-22(27)15-2-5-17(24)6-3-15/h2-7,12,18,22,25H,8-11,13H2,1H3,(H,30,31). The number of carboxylic acid groups (broad SMARTS) is 1. The van der Waals surface area contributed by atoms with Crippen LogP contribution in [0.4, 0.5) is 14.9 Å². The normalized spacial score (nSPS) is 19.3. The van der Waals surface area contributed by atoms with E-state index in [2.05, 4.69) is 5.32 Å². The van der Waals surface area contributed by atoms with Crippen LogP contribution in [0.3, 0.4) is 0 Å². The Hall–Kier alpha value is -3.07. The molecule has 168 valence electrons. The summed E-state index contributed by atoms with van der Waals surface area (Å²) in [5.41, 5.74) is 2.92. The molecule has 9 heteroatoms. The minimum Gasteiger partial charge on any atom is -0.465 e. The zero-order valence-electron chi connectivity index (χ0n) is 17.6. The van der Waals surface area contributed by atoms with Crippen LogP contribution in [0.15, 0.2) is 42.5 Å². The van der Waals surface area contributed by atoms with E-state index in [1.165, 1.54) is 23.9 Å². The molecule has 2 aliphatic rings. The number of carbonyl (C=O) groups excluding carboxylic acids is 2. The van der Waals surface area contributed by atoms with Crippen LogP contribution < -0.4 is 10.2 Å². The average Bonchev–Trinajstić information content (AvgIpc) is 3.15. The summed E-state index contributed by atoms with van der Waals surface area (Å²) in [4.78, 5) is 39.9. The van der Waals surface area contributed by atoms with Gasteiger partial charge in [0.25, 0.3) is 5.91 Å². The number of carbonyl (C=O) groups is 3. The Morgan fingerprint density at radius 1 is 1.12 bits per heavy atom. The van der Waals surface area contributed by atoms with E-state index in [1.807, 2.05) is 6.92 Å². The first-order chi connectivity index (χ1) is 15.3. The molecule has 2 fully saturated rings. The molecule has 3 amide bonds. The second kappa shape index (κ2) is 9.20. The van der Waals surface area contributed by atoms with Crippen LogP contribution in [0.25, 0.3) is 0 Å². The Kier molecular flexibility index (Phi) is 6.36. The van der Waals surface area contributed by atoms with Crippen molar-refractivity contribution in [1.29, 1.82) is 0 Å². The van der Waals surface area contributed by atoms with Crippen molar-refractivity contribution in [2.45, 2.75) is 31.2 Å². The minimum absolute atomic E-state index is 0.0282. The number of thioether (sulfide) groups is 1. The van der Waals surface area contributed by atoms with Crippen molar-refractivity contribution >= 4 is 35.4 Å². The molecule has 0 radical (unpaired) electrons. The molecule has 0 aromatic heterocycles. The third-order valence-electron chi connectivity index (χ3n) is 5.84. The number of likely N-dealkylation sites (tertiary alicyclic amines) is 1. The first kappa shape index (κ1) is 22.1. The van der Waals surface area contributed by atoms with Gasteiger partial charge in [0, 0.05) is 30.4 Å². The Morgan fingerprint density at radius 3 is 2.44 bits per heavy atom. The maximum absolute atomic E-state index is 13.3. The highest BCUT2D eigenvalue weighted by molar-refractivity contribution is 8.00. The third kappa shape index (κ3) is 4.57. The number of anilines is 1. The van der Waals surface area contributed by atoms with Gasteiger partial charge in [-0.3, -0.25) is 14.5 Å². The lowest BCUT2D eigenvalue weighted by Gasteiger charge is -2.32. The number of amides is 3. The Bertz CT molecular complexity index is 1040. The summed E-state index contributed by atoms with van der Waals surface area (Å²) in [6.07, 6.45) is 0.108. The molecule has 7 nitrogen and oxygen atoms in total. The van der Waals surface area contributed by atoms with Crippen molar-refractivity contribution in [3.63, 3.8) is 0 Å². The molecule has 0 aliphatic carbocycles. The Labute approximate surface area is 189 Å². The summed E-state index contributed by atoms with van der Waals surface area (Å²) >= 11 is 1.49. The summed E-state index contributed by atoms with van der Waals surface area (Å²) in [5, 5.41) is 11.1. The van der Waals surface area contributed by atoms with Gasteiger partial charge in [0.1, 0.15) is 11.2 Å². The Balaban J connectivity index is 1.50. The van der Waals surface area contributed by atoms with Crippen LogP contribution >= 0.6 is 11.8 Å². The van der Waals surface area contributed by atoms with Gasteiger partial charge in [-0.1, -0.05) is 12.1 Å². The number of hydrogen-bond acceptors (Lipinski definition) is 4. The first-order valence-corrected chi connectivity index (χ1v) is 11.5. The maximum Gasteiger partial charge on any atom is 0.404 e. The highest BCUT2D eigenvalue weighted by Crippen LogP contribution is 2.43. The summed E-state index contributed by atoms with van der Waals surface area (Å²) < 4.78 is 13.3. The van der Waals surface area contributed by atoms with Gasteiger partial charge in [-0.05, 0) is 61.2 Å². The Morgan fingerprint density at radius 2 is 1.81 bits per heavy atom. The highest BCUT2D eigenvalue weighted by Gasteiger charge is 2.35. The number of aryl methyl sites for hydroxylation is 1. The molecule has 2 saturated heterocycles. The fourth-order valence-corrected chi connectivity index (χ4v) is 5.37. The van der Waals surface area contributed by atoms with E-state index in [0.717, 1.165) is 16.8 Å². The molecule has 0 spiro atoms. The van der Waals surface area contributed by atoms with E-state index in [4.69, 9.17) is 5.11 Å². The fourth-order valence-electron chi connectivity index (χ4n) is 4.20. The monoisotopic (exact) mass is 457 g/mol. The van der Waals surface area contributed by atoms with Gasteiger partial charge in [-0.15, -0.1) is 11.8 Å². The van der Waals surface area contributed by atoms with Crippen LogP contribution in [0.1, 0.15) is 39.7 Å². The lowest BCUT2D eigenvalue weighted by molar-refractivity contribution is -0.115. The summed E-state index contributed by atoms with van der Waals surface area (Å²) in [6, 6.07) is 11.3. The van der Waals surface area contributed by atoms with Crippen molar-refractivity contribution in [2.75, 3.05) is 23.7 Å². The molecule has 32 heavy (non-hydrogen) atoms. The van der Waals surface area contributed by atoms with E-state index in [1.54, 1.807) is 40.1 Å². The predicted octanol–water partition coefficient (Wildman–Crippen LogP) is 3.78. The van der Waals surface area contributed by atoms with E-state index < -0.39 is 6.09 Å². The molecule has 0 saturated carbocycles. The first-order valence-electron chi connectivity index (χ1n) is 10.4. The predicted molar refractivity (Wildman–Crippen MR) is 120 cm³/mol. The van der Waals surface area contributed by atoms with Gasteiger partial charge in [-0.2, -0.15) is 0 Å². The van der Waals surface area contributed by atoms with Crippen LogP contribution in [0, 0.1) is 12.7 Å². The highest BCUT2D eigenvalue weighted by atomic mass is 32.2. The quantitative estimate of drug-likeness (QED) is 0.729. The lowest BCUT2D eigenvalue weighted by atomic mass is 10.0. The van der Waals surface area contributed by atoms with Crippen molar-refractivity contribution in [1.82, 2.24) is 10.2 Å². The average molecular weight is 458 g/mol. The molecular weight excluding hydrogens is 433 g/mol. The summed E-state index contributed by atoms with van der Waals surface area (Å²) in [6.45, 7) is 2.84. The van der Waals surface area contributed by atoms with Crippen molar-refractivity contribution in [3.05, 3.63) is 65.0 Å². The fraction of sp³-hybridized carbons (Fsp3) is 0.348. The molecule has 1 atom stereocenters. The maximum atomic E-state index is 13.3. The van der Waals surface area contributed by atoms with Crippen LogP contribution in [-0.2, 0) is 4.79 Å². The van der Waals surface area contributed by atoms with Gasteiger partial charge in [0.2, 0.25) is 5.91 Å². The number of piperidine rings is 1. The van der Waals surface area contributed by atoms with Crippen LogP contribution in [0.2, 0.25) is 0 Å². The molecule has 2 aromatic carbocycles. The zero-order valence-corrected chi connectivity index (χ0v) is 18.4. The van der Waals surface area contributed by atoms with Gasteiger partial charge in [-0.25, -0.2) is 9.18 Å².